The summed E-state index contributed by atoms with van der Waals surface area (Å²) in [5.41, 5.74) is 0.653. The molecular weight excluding hydrogens is 333 g/mol. The maximum atomic E-state index is 13.5. The molecule has 2 saturated heterocycles. The molecule has 2 fully saturated rings. The average Bonchev–Trinajstić information content (AvgIpc) is 2.99. The molecule has 1 aromatic rings. The molecule has 2 aliphatic heterocycles. The molecule has 2 heterocycles. The van der Waals surface area contributed by atoms with E-state index < -0.39 is 0 Å². The van der Waals surface area contributed by atoms with E-state index in [4.69, 9.17) is 11.6 Å². The van der Waals surface area contributed by atoms with E-state index in [2.05, 4.69) is 28.2 Å². The van der Waals surface area contributed by atoms with Gasteiger partial charge in [-0.1, -0.05) is 11.6 Å². The standard InChI is InChI=1S/C17H25ClFN3S/c18-14-7-17(23)15(19)8-16(14)21-4-1-2-5-22-6-3-12-9-20-10-13(12)11-22/h7-8,12-13,20-21,23H,1-6,9-11H2. The lowest BCUT2D eigenvalue weighted by Gasteiger charge is -2.34. The van der Waals surface area contributed by atoms with Gasteiger partial charge in [-0.25, -0.2) is 4.39 Å². The Kier molecular flexibility index (Phi) is 6.07. The second-order valence-electron chi connectivity index (χ2n) is 6.69. The second kappa shape index (κ2) is 8.06. The maximum absolute atomic E-state index is 13.5. The van der Waals surface area contributed by atoms with E-state index in [0.717, 1.165) is 37.8 Å². The number of rotatable bonds is 6. The van der Waals surface area contributed by atoms with Gasteiger partial charge < -0.3 is 15.5 Å². The molecular formula is C17H25ClFN3S. The average molecular weight is 358 g/mol. The van der Waals surface area contributed by atoms with Crippen molar-refractivity contribution < 1.29 is 4.39 Å². The normalized spacial score (nSPS) is 24.7. The van der Waals surface area contributed by atoms with Gasteiger partial charge in [-0.3, -0.25) is 0 Å². The zero-order valence-electron chi connectivity index (χ0n) is 13.3. The van der Waals surface area contributed by atoms with Crippen LogP contribution in [0.1, 0.15) is 19.3 Å². The SMILES string of the molecule is Fc1cc(NCCCCN2CCC3CNCC3C2)c(Cl)cc1S. The summed E-state index contributed by atoms with van der Waals surface area (Å²) in [4.78, 5) is 2.88. The third kappa shape index (κ3) is 4.53. The minimum atomic E-state index is -0.340. The van der Waals surface area contributed by atoms with E-state index in [1.165, 1.54) is 38.7 Å². The molecule has 6 heteroatoms. The van der Waals surface area contributed by atoms with Crippen molar-refractivity contribution in [3.05, 3.63) is 23.0 Å². The number of unbranched alkanes of at least 4 members (excludes halogenated alkanes) is 1. The van der Waals surface area contributed by atoms with Gasteiger partial charge in [0, 0.05) is 18.0 Å². The first-order chi connectivity index (χ1) is 11.1. The lowest BCUT2D eigenvalue weighted by Crippen LogP contribution is -2.40. The van der Waals surface area contributed by atoms with Crippen LogP contribution < -0.4 is 10.6 Å². The molecule has 0 radical (unpaired) electrons. The van der Waals surface area contributed by atoms with Crippen molar-refractivity contribution in [1.29, 1.82) is 0 Å². The van der Waals surface area contributed by atoms with Gasteiger partial charge in [0.05, 0.1) is 10.7 Å². The van der Waals surface area contributed by atoms with Gasteiger partial charge in [-0.2, -0.15) is 0 Å². The fourth-order valence-electron chi connectivity index (χ4n) is 3.67. The van der Waals surface area contributed by atoms with E-state index in [1.807, 2.05) is 0 Å². The van der Waals surface area contributed by atoms with Gasteiger partial charge in [-0.15, -0.1) is 12.6 Å². The molecule has 0 amide bonds. The molecule has 0 bridgehead atoms. The van der Waals surface area contributed by atoms with Crippen LogP contribution in [-0.2, 0) is 0 Å². The number of benzene rings is 1. The van der Waals surface area contributed by atoms with Crippen LogP contribution in [0.15, 0.2) is 17.0 Å². The van der Waals surface area contributed by atoms with Gasteiger partial charge in [0.15, 0.2) is 0 Å². The van der Waals surface area contributed by atoms with Crippen molar-refractivity contribution >= 4 is 29.9 Å². The number of nitrogens with zero attached hydrogens (tertiary/aromatic N) is 1. The first-order valence-electron chi connectivity index (χ1n) is 8.48. The van der Waals surface area contributed by atoms with Crippen LogP contribution in [0.3, 0.4) is 0 Å². The van der Waals surface area contributed by atoms with Crippen LogP contribution in [-0.4, -0.2) is 44.2 Å². The first kappa shape index (κ1) is 17.3. The van der Waals surface area contributed by atoms with E-state index in [0.29, 0.717) is 10.7 Å². The molecule has 23 heavy (non-hydrogen) atoms. The molecule has 3 nitrogen and oxygen atoms in total. The van der Waals surface area contributed by atoms with Crippen LogP contribution >= 0.6 is 24.2 Å². The van der Waals surface area contributed by atoms with Gasteiger partial charge in [0.1, 0.15) is 5.82 Å². The topological polar surface area (TPSA) is 27.3 Å². The van der Waals surface area contributed by atoms with Crippen LogP contribution in [0.4, 0.5) is 10.1 Å². The number of hydrogen-bond acceptors (Lipinski definition) is 4. The van der Waals surface area contributed by atoms with Gasteiger partial charge in [0.2, 0.25) is 0 Å². The van der Waals surface area contributed by atoms with E-state index in [9.17, 15) is 4.39 Å². The van der Waals surface area contributed by atoms with Gasteiger partial charge in [-0.05, 0) is 69.4 Å². The number of halogens is 2. The Labute approximate surface area is 148 Å². The third-order valence-corrected chi connectivity index (χ3v) is 5.70. The summed E-state index contributed by atoms with van der Waals surface area (Å²) in [6.45, 7) is 6.84. The molecule has 0 aromatic heterocycles. The smallest absolute Gasteiger partial charge is 0.138 e. The molecule has 1 aromatic carbocycles. The van der Waals surface area contributed by atoms with Gasteiger partial charge in [0.25, 0.3) is 0 Å². The quantitative estimate of drug-likeness (QED) is 0.537. The van der Waals surface area contributed by atoms with E-state index in [-0.39, 0.29) is 10.7 Å². The maximum Gasteiger partial charge on any atom is 0.138 e. The molecule has 2 aliphatic rings. The highest BCUT2D eigenvalue weighted by Gasteiger charge is 2.32. The van der Waals surface area contributed by atoms with Gasteiger partial charge >= 0.3 is 0 Å². The fourth-order valence-corrected chi connectivity index (χ4v) is 4.17. The largest absolute Gasteiger partial charge is 0.384 e. The molecule has 0 aliphatic carbocycles. The Morgan fingerprint density at radius 3 is 3.00 bits per heavy atom. The van der Waals surface area contributed by atoms with Crippen molar-refractivity contribution in [2.45, 2.75) is 24.2 Å². The Morgan fingerprint density at radius 2 is 2.13 bits per heavy atom. The van der Waals surface area contributed by atoms with Crippen molar-refractivity contribution in [2.75, 3.05) is 44.6 Å². The van der Waals surface area contributed by atoms with Crippen LogP contribution in [0.25, 0.3) is 0 Å². The third-order valence-electron chi connectivity index (χ3n) is 5.04. The number of nitrogens with one attached hydrogen (secondary N) is 2. The first-order valence-corrected chi connectivity index (χ1v) is 9.31. The van der Waals surface area contributed by atoms with Crippen molar-refractivity contribution in [3.63, 3.8) is 0 Å². The monoisotopic (exact) mass is 357 g/mol. The number of thiol groups is 1. The summed E-state index contributed by atoms with van der Waals surface area (Å²) in [6, 6.07) is 2.96. The van der Waals surface area contributed by atoms with Crippen LogP contribution in [0.2, 0.25) is 5.02 Å². The summed E-state index contributed by atoms with van der Waals surface area (Å²) in [5, 5.41) is 7.25. The summed E-state index contributed by atoms with van der Waals surface area (Å²) < 4.78 is 13.5. The molecule has 0 spiro atoms. The van der Waals surface area contributed by atoms with E-state index >= 15 is 0 Å². The zero-order valence-corrected chi connectivity index (χ0v) is 15.0. The number of anilines is 1. The Balaban J connectivity index is 1.35. The molecule has 2 N–H and O–H groups in total. The minimum Gasteiger partial charge on any atom is -0.384 e. The lowest BCUT2D eigenvalue weighted by atomic mass is 9.88. The molecule has 128 valence electrons. The van der Waals surface area contributed by atoms with Crippen LogP contribution in [0, 0.1) is 17.7 Å². The molecule has 2 unspecified atom stereocenters. The molecule has 2 atom stereocenters. The highest BCUT2D eigenvalue weighted by molar-refractivity contribution is 7.80. The molecule has 3 rings (SSSR count). The summed E-state index contributed by atoms with van der Waals surface area (Å²) in [5.74, 6) is 1.41. The number of likely N-dealkylation sites (tertiary alicyclic amines) is 1. The minimum absolute atomic E-state index is 0.283. The highest BCUT2D eigenvalue weighted by atomic mass is 35.5. The number of piperidine rings is 1. The summed E-state index contributed by atoms with van der Waals surface area (Å²) >= 11 is 10.1. The van der Waals surface area contributed by atoms with Crippen molar-refractivity contribution in [3.8, 4) is 0 Å². The summed E-state index contributed by atoms with van der Waals surface area (Å²) in [6.07, 6.45) is 3.55. The highest BCUT2D eigenvalue weighted by Crippen LogP contribution is 2.28. The predicted molar refractivity (Wildman–Crippen MR) is 97.3 cm³/mol. The lowest BCUT2D eigenvalue weighted by molar-refractivity contribution is 0.147. The summed E-state index contributed by atoms with van der Waals surface area (Å²) in [7, 11) is 0. The zero-order chi connectivity index (χ0) is 16.2. The Bertz CT molecular complexity index is 543. The number of hydrogen-bond donors (Lipinski definition) is 3. The predicted octanol–water partition coefficient (Wildman–Crippen LogP) is 3.50. The van der Waals surface area contributed by atoms with Crippen LogP contribution in [0.5, 0.6) is 0 Å². The van der Waals surface area contributed by atoms with Crippen molar-refractivity contribution in [1.82, 2.24) is 10.2 Å². The second-order valence-corrected chi connectivity index (χ2v) is 7.57. The molecule has 0 saturated carbocycles. The van der Waals surface area contributed by atoms with Crippen molar-refractivity contribution in [2.24, 2.45) is 11.8 Å². The number of fused-ring (bicyclic) bond motifs is 1. The fraction of sp³-hybridized carbons (Fsp3) is 0.647. The van der Waals surface area contributed by atoms with E-state index in [1.54, 1.807) is 6.07 Å². The Morgan fingerprint density at radius 1 is 1.30 bits per heavy atom. The Hall–Kier alpha value is -0.490.